The van der Waals surface area contributed by atoms with E-state index in [4.69, 9.17) is 22.1 Å². The van der Waals surface area contributed by atoms with Crippen LogP contribution in [0, 0.1) is 22.7 Å². The monoisotopic (exact) mass is 247 g/mol. The number of carbonyl (C=O) groups excluding carboxylic acids is 1. The molecule has 0 bridgehead atoms. The molecule has 0 aliphatic rings. The molecule has 0 atom stereocenters. The van der Waals surface area contributed by atoms with E-state index < -0.39 is 0 Å². The zero-order chi connectivity index (χ0) is 12.7. The predicted octanol–water partition coefficient (Wildman–Crippen LogP) is 1.76. The number of halogens is 1. The third-order valence-electron chi connectivity index (χ3n) is 2.14. The maximum absolute atomic E-state index is 11.8. The number of nitriles is 2. The summed E-state index contributed by atoms with van der Waals surface area (Å²) in [5, 5.41) is 17.7. The van der Waals surface area contributed by atoms with Gasteiger partial charge in [0.15, 0.2) is 0 Å². The SMILES string of the molecule is N#CCN(CC#N)C(=O)Cc1ccc(Cl)cc1. The first-order chi connectivity index (χ1) is 8.17. The Morgan fingerprint density at radius 1 is 1.18 bits per heavy atom. The van der Waals surface area contributed by atoms with Gasteiger partial charge in [-0.1, -0.05) is 23.7 Å². The summed E-state index contributed by atoms with van der Waals surface area (Å²) in [5.74, 6) is -0.240. The molecule has 0 unspecified atom stereocenters. The van der Waals surface area contributed by atoms with Crippen LogP contribution >= 0.6 is 11.6 Å². The van der Waals surface area contributed by atoms with Gasteiger partial charge in [0, 0.05) is 5.02 Å². The zero-order valence-corrected chi connectivity index (χ0v) is 9.81. The maximum Gasteiger partial charge on any atom is 0.228 e. The van der Waals surface area contributed by atoms with E-state index in [0.717, 1.165) is 5.56 Å². The first-order valence-corrected chi connectivity index (χ1v) is 5.31. The molecule has 0 fully saturated rings. The Morgan fingerprint density at radius 3 is 2.18 bits per heavy atom. The number of benzene rings is 1. The second-order valence-corrected chi connectivity index (χ2v) is 3.81. The van der Waals surface area contributed by atoms with Crippen molar-refractivity contribution >= 4 is 17.5 Å². The van der Waals surface area contributed by atoms with Crippen molar-refractivity contribution in [2.24, 2.45) is 0 Å². The lowest BCUT2D eigenvalue weighted by Crippen LogP contribution is -2.33. The highest BCUT2D eigenvalue weighted by atomic mass is 35.5. The Hall–Kier alpha value is -2.04. The highest BCUT2D eigenvalue weighted by molar-refractivity contribution is 6.30. The maximum atomic E-state index is 11.8. The largest absolute Gasteiger partial charge is 0.316 e. The van der Waals surface area contributed by atoms with Crippen molar-refractivity contribution in [3.63, 3.8) is 0 Å². The molecular weight excluding hydrogens is 238 g/mol. The molecule has 1 rings (SSSR count). The topological polar surface area (TPSA) is 67.9 Å². The average molecular weight is 248 g/mol. The van der Waals surface area contributed by atoms with E-state index in [1.54, 1.807) is 24.3 Å². The normalized spacial score (nSPS) is 9.12. The molecule has 0 N–H and O–H groups in total. The van der Waals surface area contributed by atoms with Gasteiger partial charge < -0.3 is 4.90 Å². The smallest absolute Gasteiger partial charge is 0.228 e. The molecule has 0 radical (unpaired) electrons. The fourth-order valence-electron chi connectivity index (χ4n) is 1.29. The third-order valence-corrected chi connectivity index (χ3v) is 2.40. The molecule has 17 heavy (non-hydrogen) atoms. The van der Waals surface area contributed by atoms with Gasteiger partial charge in [-0.2, -0.15) is 10.5 Å². The van der Waals surface area contributed by atoms with Crippen molar-refractivity contribution < 1.29 is 4.79 Å². The third kappa shape index (κ3) is 4.14. The van der Waals surface area contributed by atoms with Crippen LogP contribution in [0.1, 0.15) is 5.56 Å². The van der Waals surface area contributed by atoms with Gasteiger partial charge in [0.25, 0.3) is 0 Å². The first kappa shape index (κ1) is 13.0. The Kier molecular flexibility index (Phi) is 5.00. The van der Waals surface area contributed by atoms with Crippen molar-refractivity contribution in [3.05, 3.63) is 34.9 Å². The minimum atomic E-state index is -0.240. The first-order valence-electron chi connectivity index (χ1n) is 4.93. The Bertz CT molecular complexity index is 454. The van der Waals surface area contributed by atoms with Crippen LogP contribution in [0.5, 0.6) is 0 Å². The molecular formula is C12H10ClN3O. The number of hydrogen-bond donors (Lipinski definition) is 0. The highest BCUT2D eigenvalue weighted by Crippen LogP contribution is 2.10. The van der Waals surface area contributed by atoms with E-state index in [0.29, 0.717) is 5.02 Å². The van der Waals surface area contributed by atoms with Gasteiger partial charge in [0.1, 0.15) is 13.1 Å². The summed E-state index contributed by atoms with van der Waals surface area (Å²) in [4.78, 5) is 13.0. The van der Waals surface area contributed by atoms with Gasteiger partial charge in [0.2, 0.25) is 5.91 Å². The number of nitrogens with zero attached hydrogens (tertiary/aromatic N) is 3. The van der Waals surface area contributed by atoms with Crippen LogP contribution in [0.25, 0.3) is 0 Å². The van der Waals surface area contributed by atoms with Crippen LogP contribution in [0.3, 0.4) is 0 Å². The van der Waals surface area contributed by atoms with Crippen LogP contribution in [0.4, 0.5) is 0 Å². The summed E-state index contributed by atoms with van der Waals surface area (Å²) in [6.45, 7) is -0.139. The second kappa shape index (κ2) is 6.52. The van der Waals surface area contributed by atoms with Crippen LogP contribution in [-0.4, -0.2) is 23.9 Å². The summed E-state index contributed by atoms with van der Waals surface area (Å²) in [6.07, 6.45) is 0.167. The molecule has 0 aliphatic carbocycles. The molecule has 4 nitrogen and oxygen atoms in total. The van der Waals surface area contributed by atoms with Gasteiger partial charge in [-0.15, -0.1) is 0 Å². The molecule has 1 aromatic rings. The minimum absolute atomic E-state index is 0.0695. The zero-order valence-electron chi connectivity index (χ0n) is 9.06. The highest BCUT2D eigenvalue weighted by Gasteiger charge is 2.12. The standard InChI is InChI=1S/C12H10ClN3O/c13-11-3-1-10(2-4-11)9-12(17)16(7-5-14)8-6-15/h1-4H,7-9H2. The van der Waals surface area contributed by atoms with E-state index in [1.807, 2.05) is 12.1 Å². The van der Waals surface area contributed by atoms with Gasteiger partial charge in [-0.05, 0) is 17.7 Å². The molecule has 1 amide bonds. The van der Waals surface area contributed by atoms with E-state index >= 15 is 0 Å². The van der Waals surface area contributed by atoms with Crippen molar-refractivity contribution in [3.8, 4) is 12.1 Å². The Morgan fingerprint density at radius 2 is 1.71 bits per heavy atom. The minimum Gasteiger partial charge on any atom is -0.316 e. The molecule has 0 heterocycles. The molecule has 86 valence electrons. The second-order valence-electron chi connectivity index (χ2n) is 3.37. The number of amides is 1. The van der Waals surface area contributed by atoms with Crippen molar-refractivity contribution in [1.29, 1.82) is 10.5 Å². The van der Waals surface area contributed by atoms with Crippen molar-refractivity contribution in [2.45, 2.75) is 6.42 Å². The van der Waals surface area contributed by atoms with Crippen LogP contribution in [0.15, 0.2) is 24.3 Å². The lowest BCUT2D eigenvalue weighted by atomic mass is 10.1. The van der Waals surface area contributed by atoms with E-state index in [9.17, 15) is 4.79 Å². The summed E-state index contributed by atoms with van der Waals surface area (Å²) in [5.41, 5.74) is 0.806. The molecule has 0 saturated heterocycles. The molecule has 5 heteroatoms. The van der Waals surface area contributed by atoms with Gasteiger partial charge in [0.05, 0.1) is 18.6 Å². The van der Waals surface area contributed by atoms with Crippen LogP contribution in [-0.2, 0) is 11.2 Å². The van der Waals surface area contributed by atoms with E-state index in [1.165, 1.54) is 4.90 Å². The lowest BCUT2D eigenvalue weighted by molar-refractivity contribution is -0.129. The summed E-state index contributed by atoms with van der Waals surface area (Å²) >= 11 is 5.73. The summed E-state index contributed by atoms with van der Waals surface area (Å²) in [6, 6.07) is 10.6. The van der Waals surface area contributed by atoms with E-state index in [-0.39, 0.29) is 25.4 Å². The van der Waals surface area contributed by atoms with E-state index in [2.05, 4.69) is 0 Å². The van der Waals surface area contributed by atoms with Crippen LogP contribution in [0.2, 0.25) is 5.02 Å². The quantitative estimate of drug-likeness (QED) is 0.762. The summed E-state index contributed by atoms with van der Waals surface area (Å²) < 4.78 is 0. The Labute approximate surface area is 105 Å². The molecule has 0 saturated carbocycles. The van der Waals surface area contributed by atoms with Gasteiger partial charge >= 0.3 is 0 Å². The molecule has 1 aromatic carbocycles. The van der Waals surface area contributed by atoms with Crippen molar-refractivity contribution in [1.82, 2.24) is 4.90 Å². The molecule has 0 aliphatic heterocycles. The Balaban J connectivity index is 2.67. The predicted molar refractivity (Wildman–Crippen MR) is 63.0 cm³/mol. The average Bonchev–Trinajstić information content (AvgIpc) is 2.32. The number of hydrogen-bond acceptors (Lipinski definition) is 3. The number of carbonyl (C=O) groups is 1. The fourth-order valence-corrected chi connectivity index (χ4v) is 1.42. The molecule has 0 spiro atoms. The van der Waals surface area contributed by atoms with Gasteiger partial charge in [-0.3, -0.25) is 4.79 Å². The summed E-state index contributed by atoms with van der Waals surface area (Å²) in [7, 11) is 0. The van der Waals surface area contributed by atoms with Gasteiger partial charge in [-0.25, -0.2) is 0 Å². The fraction of sp³-hybridized carbons (Fsp3) is 0.250. The number of rotatable bonds is 4. The lowest BCUT2D eigenvalue weighted by Gasteiger charge is -2.15. The molecule has 0 aromatic heterocycles. The van der Waals surface area contributed by atoms with Crippen LogP contribution < -0.4 is 0 Å². The van der Waals surface area contributed by atoms with Crippen molar-refractivity contribution in [2.75, 3.05) is 13.1 Å².